The van der Waals surface area contributed by atoms with Gasteiger partial charge in [-0.3, -0.25) is 4.99 Å². The highest BCUT2D eigenvalue weighted by atomic mass is 32.2. The number of aliphatic hydroxyl groups is 1. The lowest BCUT2D eigenvalue weighted by Crippen LogP contribution is -1.82. The molecule has 0 aromatic carbocycles. The minimum Gasteiger partial charge on any atom is -0.390 e. The third kappa shape index (κ3) is 2.82. The number of thioether (sulfide) groups is 1. The fourth-order valence-electron chi connectivity index (χ4n) is 0.261. The molecule has 1 N–H and O–H groups in total. The zero-order valence-electron chi connectivity index (χ0n) is 4.79. The lowest BCUT2D eigenvalue weighted by molar-refractivity contribution is 0.330. The fourth-order valence-corrected chi connectivity index (χ4v) is 0.682. The van der Waals surface area contributed by atoms with Crippen molar-refractivity contribution in [3.8, 4) is 0 Å². The highest BCUT2D eigenvalue weighted by molar-refractivity contribution is 8.01. The molecule has 0 rings (SSSR count). The molecule has 0 aromatic rings. The van der Waals surface area contributed by atoms with Crippen molar-refractivity contribution in [3.05, 3.63) is 11.1 Å². The van der Waals surface area contributed by atoms with Crippen molar-refractivity contribution in [2.45, 2.75) is 0 Å². The van der Waals surface area contributed by atoms with Gasteiger partial charge in [0.1, 0.15) is 0 Å². The number of aliphatic imine (C=N–C) groups is 1. The maximum absolute atomic E-state index is 8.44. The molecule has 8 heavy (non-hydrogen) atoms. The molecule has 0 bridgehead atoms. The number of aliphatic hydroxyl groups excluding tert-OH is 1. The molecular formula is C5H9NOS. The summed E-state index contributed by atoms with van der Waals surface area (Å²) in [7, 11) is 0. The predicted octanol–water partition coefficient (Wildman–Crippen LogP) is 0.884. The van der Waals surface area contributed by atoms with E-state index in [1.54, 1.807) is 5.41 Å². The van der Waals surface area contributed by atoms with E-state index in [1.165, 1.54) is 11.8 Å². The molecule has 0 aromatic heterocycles. The van der Waals surface area contributed by atoms with Crippen molar-refractivity contribution >= 4 is 18.5 Å². The van der Waals surface area contributed by atoms with Crippen molar-refractivity contribution < 1.29 is 5.11 Å². The van der Waals surface area contributed by atoms with E-state index in [-0.39, 0.29) is 6.61 Å². The van der Waals surface area contributed by atoms with Gasteiger partial charge in [0, 0.05) is 0 Å². The van der Waals surface area contributed by atoms with Crippen molar-refractivity contribution in [2.24, 2.45) is 4.99 Å². The van der Waals surface area contributed by atoms with Gasteiger partial charge in [0.2, 0.25) is 0 Å². The maximum Gasteiger partial charge on any atom is 0.0857 e. The smallest absolute Gasteiger partial charge is 0.0857 e. The highest BCUT2D eigenvalue weighted by Gasteiger charge is 1.83. The van der Waals surface area contributed by atoms with E-state index in [4.69, 9.17) is 5.11 Å². The van der Waals surface area contributed by atoms with Gasteiger partial charge in [-0.05, 0) is 18.4 Å². The predicted molar refractivity (Wildman–Crippen MR) is 38.2 cm³/mol. The Labute approximate surface area is 53.3 Å². The molecular weight excluding hydrogens is 122 g/mol. The van der Waals surface area contributed by atoms with Gasteiger partial charge < -0.3 is 5.11 Å². The first-order chi connectivity index (χ1) is 3.85. The molecule has 0 spiro atoms. The van der Waals surface area contributed by atoms with E-state index in [0.717, 1.165) is 0 Å². The summed E-state index contributed by atoms with van der Waals surface area (Å²) >= 11 is 1.50. The highest BCUT2D eigenvalue weighted by Crippen LogP contribution is 2.01. The number of rotatable bonds is 3. The Morgan fingerprint density at radius 3 is 2.75 bits per heavy atom. The minimum atomic E-state index is -0.0235. The summed E-state index contributed by atoms with van der Waals surface area (Å²) in [5.41, 5.74) is 0.623. The zero-order chi connectivity index (χ0) is 6.41. The van der Waals surface area contributed by atoms with Crippen LogP contribution in [0.2, 0.25) is 0 Å². The van der Waals surface area contributed by atoms with Crippen LogP contribution >= 0.6 is 11.8 Å². The molecule has 0 fully saturated rings. The van der Waals surface area contributed by atoms with Crippen molar-refractivity contribution in [1.82, 2.24) is 0 Å². The molecule has 0 amide bonds. The lowest BCUT2D eigenvalue weighted by Gasteiger charge is -1.89. The van der Waals surface area contributed by atoms with E-state index in [9.17, 15) is 0 Å². The standard InChI is InChI=1S/C5H9NOS/c1-6-5(3-7)4-8-2/h4,7H,1,3H2,2H3. The summed E-state index contributed by atoms with van der Waals surface area (Å²) in [6.45, 7) is 3.24. The van der Waals surface area contributed by atoms with Crippen molar-refractivity contribution in [1.29, 1.82) is 0 Å². The molecule has 0 aliphatic heterocycles. The first-order valence-electron chi connectivity index (χ1n) is 2.14. The van der Waals surface area contributed by atoms with Crippen LogP contribution in [0.25, 0.3) is 0 Å². The Hall–Kier alpha value is -0.280. The third-order valence-electron chi connectivity index (χ3n) is 0.619. The molecule has 0 heterocycles. The second-order valence-corrected chi connectivity index (χ2v) is 1.87. The molecule has 3 heteroatoms. The van der Waals surface area contributed by atoms with Gasteiger partial charge in [0.05, 0.1) is 12.3 Å². The molecule has 0 atom stereocenters. The van der Waals surface area contributed by atoms with Gasteiger partial charge in [-0.2, -0.15) is 0 Å². The molecule has 0 aliphatic rings. The maximum atomic E-state index is 8.44. The average molecular weight is 131 g/mol. The monoisotopic (exact) mass is 131 g/mol. The van der Waals surface area contributed by atoms with E-state index < -0.39 is 0 Å². The molecule has 0 aliphatic carbocycles. The fraction of sp³-hybridized carbons (Fsp3) is 0.400. The van der Waals surface area contributed by atoms with Crippen molar-refractivity contribution in [2.75, 3.05) is 12.9 Å². The molecule has 0 unspecified atom stereocenters. The Morgan fingerprint density at radius 2 is 2.62 bits per heavy atom. The number of hydrogen-bond donors (Lipinski definition) is 1. The van der Waals surface area contributed by atoms with Crippen LogP contribution in [-0.2, 0) is 0 Å². The van der Waals surface area contributed by atoms with E-state index in [0.29, 0.717) is 5.70 Å². The summed E-state index contributed by atoms with van der Waals surface area (Å²) in [4.78, 5) is 3.54. The zero-order valence-corrected chi connectivity index (χ0v) is 5.61. The Bertz CT molecular complexity index is 101. The Kier molecular flexibility index (Phi) is 4.70. The summed E-state index contributed by atoms with van der Waals surface area (Å²) < 4.78 is 0. The number of hydrogen-bond acceptors (Lipinski definition) is 3. The lowest BCUT2D eigenvalue weighted by atomic mass is 10.6. The van der Waals surface area contributed by atoms with Crippen LogP contribution in [0, 0.1) is 0 Å². The first kappa shape index (κ1) is 7.72. The second kappa shape index (κ2) is 4.87. The topological polar surface area (TPSA) is 32.6 Å². The van der Waals surface area contributed by atoms with Crippen LogP contribution in [0.4, 0.5) is 0 Å². The van der Waals surface area contributed by atoms with Crippen LogP contribution in [0.15, 0.2) is 16.1 Å². The number of nitrogens with zero attached hydrogens (tertiary/aromatic N) is 1. The minimum absolute atomic E-state index is 0.0235. The van der Waals surface area contributed by atoms with Gasteiger partial charge >= 0.3 is 0 Å². The molecule has 46 valence electrons. The average Bonchev–Trinajstić information content (AvgIpc) is 1.83. The SMILES string of the molecule is C=NC(=CSC)CO. The normalized spacial score (nSPS) is 11.5. The molecule has 2 nitrogen and oxygen atoms in total. The Morgan fingerprint density at radius 1 is 2.00 bits per heavy atom. The third-order valence-corrected chi connectivity index (χ3v) is 1.13. The van der Waals surface area contributed by atoms with Crippen LogP contribution < -0.4 is 0 Å². The summed E-state index contributed by atoms with van der Waals surface area (Å²) in [6.07, 6.45) is 1.90. The molecule has 0 saturated heterocycles. The Balaban J connectivity index is 3.66. The van der Waals surface area contributed by atoms with Crippen LogP contribution in [0.1, 0.15) is 0 Å². The van der Waals surface area contributed by atoms with Gasteiger partial charge in [-0.15, -0.1) is 11.8 Å². The van der Waals surface area contributed by atoms with Crippen LogP contribution in [0.3, 0.4) is 0 Å². The largest absolute Gasteiger partial charge is 0.390 e. The molecule has 0 saturated carbocycles. The van der Waals surface area contributed by atoms with E-state index in [2.05, 4.69) is 11.7 Å². The quantitative estimate of drug-likeness (QED) is 0.577. The van der Waals surface area contributed by atoms with Gasteiger partial charge in [-0.25, -0.2) is 0 Å². The van der Waals surface area contributed by atoms with Crippen LogP contribution in [0.5, 0.6) is 0 Å². The van der Waals surface area contributed by atoms with Gasteiger partial charge in [0.15, 0.2) is 0 Å². The van der Waals surface area contributed by atoms with Gasteiger partial charge in [0.25, 0.3) is 0 Å². The summed E-state index contributed by atoms with van der Waals surface area (Å²) in [5.74, 6) is 0. The first-order valence-corrected chi connectivity index (χ1v) is 3.43. The van der Waals surface area contributed by atoms with E-state index in [1.807, 2.05) is 6.26 Å². The summed E-state index contributed by atoms with van der Waals surface area (Å²) in [5, 5.41) is 10.2. The van der Waals surface area contributed by atoms with Crippen molar-refractivity contribution in [3.63, 3.8) is 0 Å². The second-order valence-electron chi connectivity index (χ2n) is 1.16. The van der Waals surface area contributed by atoms with E-state index >= 15 is 0 Å². The van der Waals surface area contributed by atoms with Gasteiger partial charge in [-0.1, -0.05) is 0 Å². The molecule has 0 radical (unpaired) electrons. The van der Waals surface area contributed by atoms with Crippen LogP contribution in [-0.4, -0.2) is 24.7 Å². The summed E-state index contributed by atoms with van der Waals surface area (Å²) in [6, 6.07) is 0.